The van der Waals surface area contributed by atoms with Crippen LogP contribution in [0.1, 0.15) is 5.56 Å². The van der Waals surface area contributed by atoms with Crippen LogP contribution < -0.4 is 4.72 Å². The Bertz CT molecular complexity index is 732. The van der Waals surface area contributed by atoms with Gasteiger partial charge in [-0.3, -0.25) is 0 Å². The van der Waals surface area contributed by atoms with Gasteiger partial charge in [0.15, 0.2) is 0 Å². The van der Waals surface area contributed by atoms with Crippen molar-refractivity contribution in [2.45, 2.75) is 11.3 Å². The lowest BCUT2D eigenvalue weighted by molar-refractivity contribution is 0.475. The van der Waals surface area contributed by atoms with E-state index in [-0.39, 0.29) is 22.2 Å². The fourth-order valence-electron chi connectivity index (χ4n) is 1.75. The van der Waals surface area contributed by atoms with Gasteiger partial charge >= 0.3 is 0 Å². The van der Waals surface area contributed by atoms with Crippen LogP contribution in [0, 0.1) is 5.82 Å². The molecule has 0 saturated carbocycles. The van der Waals surface area contributed by atoms with E-state index in [0.717, 1.165) is 17.7 Å². The Hall–Kier alpha value is -1.63. The summed E-state index contributed by atoms with van der Waals surface area (Å²) in [6.07, 6.45) is 0.437. The number of nitrogens with one attached hydrogen (secondary N) is 1. The van der Waals surface area contributed by atoms with E-state index in [9.17, 15) is 12.8 Å². The fraction of sp³-hybridized carbons (Fsp3) is 0.143. The summed E-state index contributed by atoms with van der Waals surface area (Å²) in [7, 11) is -3.86. The SMILES string of the molecule is O=S(=O)(NCCc1ccc(O)cc1)c1cc(F)ccc1Cl. The molecule has 0 heterocycles. The van der Waals surface area contributed by atoms with Gasteiger partial charge in [0.25, 0.3) is 0 Å². The van der Waals surface area contributed by atoms with Crippen LogP contribution in [-0.2, 0) is 16.4 Å². The summed E-state index contributed by atoms with van der Waals surface area (Å²) in [6, 6.07) is 9.60. The van der Waals surface area contributed by atoms with Crippen LogP contribution in [0.2, 0.25) is 5.02 Å². The first-order chi connectivity index (χ1) is 9.88. The predicted molar refractivity (Wildman–Crippen MR) is 78.4 cm³/mol. The average Bonchev–Trinajstić information content (AvgIpc) is 2.43. The van der Waals surface area contributed by atoms with Crippen LogP contribution in [0.5, 0.6) is 5.75 Å². The Labute approximate surface area is 127 Å². The second-order valence-electron chi connectivity index (χ2n) is 4.39. The number of sulfonamides is 1. The standard InChI is InChI=1S/C14H13ClFNO3S/c15-13-6-3-11(16)9-14(13)21(19,20)17-8-7-10-1-4-12(18)5-2-10/h1-6,9,17-18H,7-8H2. The highest BCUT2D eigenvalue weighted by atomic mass is 35.5. The van der Waals surface area contributed by atoms with E-state index >= 15 is 0 Å². The molecular weight excluding hydrogens is 317 g/mol. The molecule has 2 aromatic rings. The quantitative estimate of drug-likeness (QED) is 0.886. The minimum atomic E-state index is -3.86. The topological polar surface area (TPSA) is 66.4 Å². The molecule has 21 heavy (non-hydrogen) atoms. The maximum atomic E-state index is 13.1. The Morgan fingerprint density at radius 2 is 1.81 bits per heavy atom. The summed E-state index contributed by atoms with van der Waals surface area (Å²) in [4.78, 5) is -0.283. The molecule has 0 fully saturated rings. The monoisotopic (exact) mass is 329 g/mol. The van der Waals surface area contributed by atoms with Gasteiger partial charge in [0.05, 0.1) is 5.02 Å². The van der Waals surface area contributed by atoms with Crippen molar-refractivity contribution < 1.29 is 17.9 Å². The molecule has 0 radical (unpaired) electrons. The third-order valence-corrected chi connectivity index (χ3v) is 4.77. The van der Waals surface area contributed by atoms with Crippen molar-refractivity contribution in [1.29, 1.82) is 0 Å². The lowest BCUT2D eigenvalue weighted by Gasteiger charge is -2.08. The van der Waals surface area contributed by atoms with Crippen molar-refractivity contribution in [3.05, 3.63) is 58.9 Å². The Kier molecular flexibility index (Phi) is 4.82. The fourth-order valence-corrected chi connectivity index (χ4v) is 3.29. The smallest absolute Gasteiger partial charge is 0.242 e. The summed E-state index contributed by atoms with van der Waals surface area (Å²) in [5, 5.41) is 9.12. The molecule has 0 amide bonds. The minimum absolute atomic E-state index is 0.0338. The van der Waals surface area contributed by atoms with Gasteiger partial charge in [0.2, 0.25) is 10.0 Å². The van der Waals surface area contributed by atoms with Gasteiger partial charge in [-0.25, -0.2) is 17.5 Å². The molecule has 0 spiro atoms. The van der Waals surface area contributed by atoms with Crippen LogP contribution in [0.4, 0.5) is 4.39 Å². The molecule has 2 rings (SSSR count). The van der Waals surface area contributed by atoms with Crippen molar-refractivity contribution >= 4 is 21.6 Å². The van der Waals surface area contributed by atoms with Gasteiger partial charge in [0, 0.05) is 6.54 Å². The lowest BCUT2D eigenvalue weighted by atomic mass is 10.1. The molecular formula is C14H13ClFNO3S. The van der Waals surface area contributed by atoms with E-state index in [1.165, 1.54) is 18.2 Å². The van der Waals surface area contributed by atoms with Gasteiger partial charge in [-0.1, -0.05) is 23.7 Å². The third kappa shape index (κ3) is 4.17. The zero-order valence-electron chi connectivity index (χ0n) is 10.9. The molecule has 4 nitrogen and oxygen atoms in total. The largest absolute Gasteiger partial charge is 0.508 e. The molecule has 112 valence electrons. The molecule has 0 atom stereocenters. The molecule has 2 aromatic carbocycles. The first-order valence-corrected chi connectivity index (χ1v) is 7.97. The highest BCUT2D eigenvalue weighted by Crippen LogP contribution is 2.21. The van der Waals surface area contributed by atoms with Crippen molar-refractivity contribution in [3.63, 3.8) is 0 Å². The third-order valence-electron chi connectivity index (χ3n) is 2.82. The van der Waals surface area contributed by atoms with Crippen LogP contribution in [-0.4, -0.2) is 20.1 Å². The number of hydrogen-bond acceptors (Lipinski definition) is 3. The van der Waals surface area contributed by atoms with E-state index in [1.807, 2.05) is 0 Å². The van der Waals surface area contributed by atoms with Crippen molar-refractivity contribution in [2.75, 3.05) is 6.54 Å². The number of phenols is 1. The highest BCUT2D eigenvalue weighted by Gasteiger charge is 2.18. The van der Waals surface area contributed by atoms with Gasteiger partial charge < -0.3 is 5.11 Å². The van der Waals surface area contributed by atoms with Gasteiger partial charge in [-0.05, 0) is 42.3 Å². The van der Waals surface area contributed by atoms with Crippen LogP contribution in [0.3, 0.4) is 0 Å². The maximum Gasteiger partial charge on any atom is 0.242 e. The number of benzene rings is 2. The lowest BCUT2D eigenvalue weighted by Crippen LogP contribution is -2.26. The number of halogens is 2. The Morgan fingerprint density at radius 3 is 2.48 bits per heavy atom. The molecule has 0 aliphatic heterocycles. The molecule has 2 N–H and O–H groups in total. The highest BCUT2D eigenvalue weighted by molar-refractivity contribution is 7.89. The number of hydrogen-bond donors (Lipinski definition) is 2. The normalized spacial score (nSPS) is 11.5. The van der Waals surface area contributed by atoms with Crippen LogP contribution in [0.25, 0.3) is 0 Å². The molecule has 0 aliphatic carbocycles. The molecule has 7 heteroatoms. The molecule has 0 aliphatic rings. The summed E-state index contributed by atoms with van der Waals surface area (Å²) in [5.74, 6) is -0.524. The maximum absolute atomic E-state index is 13.1. The van der Waals surface area contributed by atoms with E-state index in [4.69, 9.17) is 16.7 Å². The minimum Gasteiger partial charge on any atom is -0.508 e. The van der Waals surface area contributed by atoms with E-state index < -0.39 is 15.8 Å². The van der Waals surface area contributed by atoms with Gasteiger partial charge in [0.1, 0.15) is 16.5 Å². The Balaban J connectivity index is 2.04. The summed E-state index contributed by atoms with van der Waals surface area (Å²) < 4.78 is 39.6. The van der Waals surface area contributed by atoms with E-state index in [2.05, 4.69) is 4.72 Å². The van der Waals surface area contributed by atoms with Crippen molar-refractivity contribution in [3.8, 4) is 5.75 Å². The molecule has 0 saturated heterocycles. The number of rotatable bonds is 5. The summed E-state index contributed by atoms with van der Waals surface area (Å²) in [5.41, 5.74) is 0.862. The molecule has 0 aromatic heterocycles. The van der Waals surface area contributed by atoms with Crippen molar-refractivity contribution in [1.82, 2.24) is 4.72 Å². The molecule has 0 bridgehead atoms. The predicted octanol–water partition coefficient (Wildman–Crippen LogP) is 2.71. The second-order valence-corrected chi connectivity index (χ2v) is 6.53. The zero-order chi connectivity index (χ0) is 15.5. The summed E-state index contributed by atoms with van der Waals surface area (Å²) in [6.45, 7) is 0.139. The first-order valence-electron chi connectivity index (χ1n) is 6.11. The Morgan fingerprint density at radius 1 is 1.14 bits per heavy atom. The number of phenolic OH excluding ortho intramolecular Hbond substituents is 1. The molecule has 0 unspecified atom stereocenters. The zero-order valence-corrected chi connectivity index (χ0v) is 12.5. The van der Waals surface area contributed by atoms with Crippen LogP contribution >= 0.6 is 11.6 Å². The van der Waals surface area contributed by atoms with Gasteiger partial charge in [-0.2, -0.15) is 0 Å². The summed E-state index contributed by atoms with van der Waals surface area (Å²) >= 11 is 5.78. The van der Waals surface area contributed by atoms with Crippen molar-refractivity contribution in [2.24, 2.45) is 0 Å². The number of aromatic hydroxyl groups is 1. The second kappa shape index (κ2) is 6.43. The van der Waals surface area contributed by atoms with Crippen LogP contribution in [0.15, 0.2) is 47.4 Å². The van der Waals surface area contributed by atoms with E-state index in [0.29, 0.717) is 6.42 Å². The van der Waals surface area contributed by atoms with Gasteiger partial charge in [-0.15, -0.1) is 0 Å². The average molecular weight is 330 g/mol. The van der Waals surface area contributed by atoms with E-state index in [1.54, 1.807) is 12.1 Å². The first kappa shape index (κ1) is 15.8.